The molecule has 0 aliphatic heterocycles. The van der Waals surface area contributed by atoms with Crippen molar-refractivity contribution >= 4 is 8.19 Å². The lowest BCUT2D eigenvalue weighted by molar-refractivity contribution is 0.595. The van der Waals surface area contributed by atoms with Crippen molar-refractivity contribution in [3.8, 4) is 0 Å². The third kappa shape index (κ3) is 8.54. The van der Waals surface area contributed by atoms with Crippen LogP contribution in [0.4, 0.5) is 8.39 Å². The van der Waals surface area contributed by atoms with E-state index >= 15 is 0 Å². The molecule has 0 radical (unpaired) electrons. The van der Waals surface area contributed by atoms with E-state index in [1.807, 2.05) is 13.8 Å². The summed E-state index contributed by atoms with van der Waals surface area (Å²) in [5, 5.41) is 4.57. The van der Waals surface area contributed by atoms with Crippen LogP contribution in [0, 0.1) is 0 Å². The molecule has 0 unspecified atom stereocenters. The Kier molecular flexibility index (Phi) is 7.72. The summed E-state index contributed by atoms with van der Waals surface area (Å²) in [7, 11) is -4.00. The molecule has 0 aromatic carbocycles. The summed E-state index contributed by atoms with van der Waals surface area (Å²) in [6, 6.07) is 0. The van der Waals surface area contributed by atoms with Crippen LogP contribution in [0.5, 0.6) is 0 Å². The van der Waals surface area contributed by atoms with Gasteiger partial charge in [0.25, 0.3) is 0 Å². The Morgan fingerprint density at radius 3 is 1.62 bits per heavy atom. The molecule has 80 valence electrons. The van der Waals surface area contributed by atoms with Crippen molar-refractivity contribution in [1.82, 2.24) is 10.2 Å². The lowest BCUT2D eigenvalue weighted by atomic mass is 10.3. The second-order valence-electron chi connectivity index (χ2n) is 3.04. The van der Waals surface area contributed by atoms with Gasteiger partial charge >= 0.3 is 8.19 Å². The number of halogens is 2. The summed E-state index contributed by atoms with van der Waals surface area (Å²) in [5.74, 6) is 0. The highest BCUT2D eigenvalue weighted by Gasteiger charge is 2.40. The average Bonchev–Trinajstić information content (AvgIpc) is 2.05. The van der Waals surface area contributed by atoms with Crippen LogP contribution < -0.4 is 10.2 Å². The third-order valence-electron chi connectivity index (χ3n) is 1.68. The molecule has 0 bridgehead atoms. The molecule has 0 saturated carbocycles. The minimum Gasteiger partial charge on any atom is -0.117 e. The highest BCUT2D eigenvalue weighted by atomic mass is 31.3. The summed E-state index contributed by atoms with van der Waals surface area (Å²) in [5.41, 5.74) is 0. The Bertz CT molecular complexity index is 111. The van der Waals surface area contributed by atoms with Crippen molar-refractivity contribution in [1.29, 1.82) is 0 Å². The molecule has 2 N–H and O–H groups in total. The molecule has 0 aliphatic rings. The van der Waals surface area contributed by atoms with Gasteiger partial charge in [-0.25, -0.2) is 0 Å². The molecule has 2 nitrogen and oxygen atoms in total. The monoisotopic (exact) mass is 213 g/mol. The topological polar surface area (TPSA) is 24.1 Å². The van der Waals surface area contributed by atoms with Gasteiger partial charge < -0.3 is 0 Å². The normalized spacial score (nSPS) is 12.0. The quantitative estimate of drug-likeness (QED) is 0.477. The molecule has 0 aromatic rings. The molecule has 13 heavy (non-hydrogen) atoms. The Labute approximate surface area is 80.2 Å². The van der Waals surface area contributed by atoms with Crippen molar-refractivity contribution in [3.05, 3.63) is 0 Å². The molecule has 0 aromatic heterocycles. The van der Waals surface area contributed by atoms with Crippen LogP contribution in [-0.4, -0.2) is 13.1 Å². The first-order chi connectivity index (χ1) is 6.12. The Morgan fingerprint density at radius 2 is 1.31 bits per heavy atom. The van der Waals surface area contributed by atoms with Crippen LogP contribution in [0.3, 0.4) is 0 Å². The number of unbranched alkanes of at least 4 members (excludes halogenated alkanes) is 2. The van der Waals surface area contributed by atoms with E-state index < -0.39 is 8.19 Å². The molecular weight excluding hydrogens is 193 g/mol. The van der Waals surface area contributed by atoms with E-state index in [1.165, 1.54) is 0 Å². The molecular formula is C8H20F2N2P+. The minimum absolute atomic E-state index is 0.413. The van der Waals surface area contributed by atoms with Gasteiger partial charge in [-0.1, -0.05) is 26.7 Å². The Balaban J connectivity index is 3.42. The van der Waals surface area contributed by atoms with E-state index in [1.54, 1.807) is 0 Å². The lowest BCUT2D eigenvalue weighted by Crippen LogP contribution is -2.23. The second-order valence-corrected chi connectivity index (χ2v) is 4.70. The van der Waals surface area contributed by atoms with Crippen LogP contribution in [-0.2, 0) is 0 Å². The first-order valence-corrected chi connectivity index (χ1v) is 6.48. The van der Waals surface area contributed by atoms with Crippen LogP contribution in [0.1, 0.15) is 39.5 Å². The zero-order valence-corrected chi connectivity index (χ0v) is 9.34. The van der Waals surface area contributed by atoms with Crippen LogP contribution in [0.2, 0.25) is 0 Å². The molecule has 0 heterocycles. The summed E-state index contributed by atoms with van der Waals surface area (Å²) < 4.78 is 25.9. The van der Waals surface area contributed by atoms with Crippen LogP contribution in [0.15, 0.2) is 0 Å². The minimum atomic E-state index is -4.00. The van der Waals surface area contributed by atoms with E-state index in [9.17, 15) is 8.39 Å². The summed E-state index contributed by atoms with van der Waals surface area (Å²) >= 11 is 0. The number of nitrogens with one attached hydrogen (secondary N) is 2. The first-order valence-electron chi connectivity index (χ1n) is 4.91. The van der Waals surface area contributed by atoms with Gasteiger partial charge in [0.1, 0.15) is 0 Å². The maximum absolute atomic E-state index is 13.0. The van der Waals surface area contributed by atoms with Gasteiger partial charge in [-0.15, -0.1) is 10.2 Å². The van der Waals surface area contributed by atoms with Crippen molar-refractivity contribution in [2.75, 3.05) is 13.1 Å². The van der Waals surface area contributed by atoms with E-state index in [-0.39, 0.29) is 0 Å². The smallest absolute Gasteiger partial charge is 0.117 e. The summed E-state index contributed by atoms with van der Waals surface area (Å²) in [4.78, 5) is 0. The zero-order chi connectivity index (χ0) is 10.2. The molecule has 0 aliphatic carbocycles. The van der Waals surface area contributed by atoms with Gasteiger partial charge in [0, 0.05) is 21.5 Å². The van der Waals surface area contributed by atoms with Gasteiger partial charge in [-0.3, -0.25) is 0 Å². The molecule has 0 spiro atoms. The zero-order valence-electron chi connectivity index (χ0n) is 8.45. The number of rotatable bonds is 8. The van der Waals surface area contributed by atoms with Gasteiger partial charge in [-0.05, 0) is 12.8 Å². The summed E-state index contributed by atoms with van der Waals surface area (Å²) in [6.07, 6.45) is 3.51. The van der Waals surface area contributed by atoms with Crippen molar-refractivity contribution in [2.24, 2.45) is 0 Å². The molecule has 0 atom stereocenters. The highest BCUT2D eigenvalue weighted by molar-refractivity contribution is 7.61. The van der Waals surface area contributed by atoms with Gasteiger partial charge in [0.05, 0.1) is 0 Å². The maximum Gasteiger partial charge on any atom is 0.536 e. The predicted molar refractivity (Wildman–Crippen MR) is 55.0 cm³/mol. The Morgan fingerprint density at radius 1 is 0.923 bits per heavy atom. The number of hydrogen-bond acceptors (Lipinski definition) is 2. The largest absolute Gasteiger partial charge is 0.536 e. The fraction of sp³-hybridized carbons (Fsp3) is 1.00. The standard InChI is InChI=1S/C8H20F2N2P/c1-3-5-7-11-13(9,10)12-8-6-4-2/h11-12H,3-8H2,1-2H3/q+1. The first kappa shape index (κ1) is 13.2. The van der Waals surface area contributed by atoms with Gasteiger partial charge in [-0.2, -0.15) is 0 Å². The molecule has 0 rings (SSSR count). The third-order valence-corrected chi connectivity index (χ3v) is 2.92. The molecule has 0 fully saturated rings. The maximum atomic E-state index is 13.0. The van der Waals surface area contributed by atoms with Gasteiger partial charge in [0.2, 0.25) is 0 Å². The van der Waals surface area contributed by atoms with E-state index in [0.717, 1.165) is 25.7 Å². The molecule has 0 saturated heterocycles. The van der Waals surface area contributed by atoms with E-state index in [4.69, 9.17) is 0 Å². The lowest BCUT2D eigenvalue weighted by Gasteiger charge is -2.06. The van der Waals surface area contributed by atoms with Crippen molar-refractivity contribution < 1.29 is 8.39 Å². The van der Waals surface area contributed by atoms with Crippen LogP contribution >= 0.6 is 8.19 Å². The summed E-state index contributed by atoms with van der Waals surface area (Å²) in [6.45, 7) is 4.80. The Hall–Kier alpha value is 0.210. The van der Waals surface area contributed by atoms with E-state index in [2.05, 4.69) is 10.2 Å². The SMILES string of the molecule is CCCCN[P+](F)(F)NCCCC. The van der Waals surface area contributed by atoms with Gasteiger partial charge in [0.15, 0.2) is 0 Å². The number of hydrogen-bond donors (Lipinski definition) is 2. The second kappa shape index (κ2) is 7.60. The predicted octanol–water partition coefficient (Wildman–Crippen LogP) is 3.38. The fourth-order valence-corrected chi connectivity index (χ4v) is 1.84. The van der Waals surface area contributed by atoms with Crippen LogP contribution in [0.25, 0.3) is 0 Å². The van der Waals surface area contributed by atoms with E-state index in [0.29, 0.717) is 13.1 Å². The highest BCUT2D eigenvalue weighted by Crippen LogP contribution is 2.53. The average molecular weight is 213 g/mol. The fourth-order valence-electron chi connectivity index (χ4n) is 0.848. The van der Waals surface area contributed by atoms with Crippen molar-refractivity contribution in [3.63, 3.8) is 0 Å². The molecule has 0 amide bonds. The van der Waals surface area contributed by atoms with Crippen molar-refractivity contribution in [2.45, 2.75) is 39.5 Å². The molecule has 5 heteroatoms.